The largest absolute Gasteiger partial charge is 0.479 e. The Balaban J connectivity index is 1.72. The summed E-state index contributed by atoms with van der Waals surface area (Å²) in [7, 11) is 0. The molecule has 1 heterocycles. The quantitative estimate of drug-likeness (QED) is 0.714. The predicted octanol–water partition coefficient (Wildman–Crippen LogP) is 1.74. The lowest BCUT2D eigenvalue weighted by Gasteiger charge is -2.31. The minimum atomic E-state index is -1.77. The van der Waals surface area contributed by atoms with Crippen LogP contribution in [0, 0.1) is 0 Å². The van der Waals surface area contributed by atoms with E-state index in [0.29, 0.717) is 0 Å². The van der Waals surface area contributed by atoms with Crippen molar-refractivity contribution in [3.63, 3.8) is 0 Å². The number of aliphatic hydroxyl groups is 1. The fourth-order valence-corrected chi connectivity index (χ4v) is 3.17. The summed E-state index contributed by atoms with van der Waals surface area (Å²) in [5.74, 6) is -1.25. The van der Waals surface area contributed by atoms with Crippen molar-refractivity contribution >= 4 is 12.1 Å². The van der Waals surface area contributed by atoms with Crippen molar-refractivity contribution in [3.05, 3.63) is 71.8 Å². The van der Waals surface area contributed by atoms with Gasteiger partial charge in [0.2, 0.25) is 0 Å². The van der Waals surface area contributed by atoms with Crippen LogP contribution in [-0.4, -0.2) is 46.6 Å². The number of benzene rings is 2. The number of amides is 1. The summed E-state index contributed by atoms with van der Waals surface area (Å²) in [6, 6.07) is 16.9. The van der Waals surface area contributed by atoms with E-state index in [2.05, 4.69) is 5.32 Å². The molecular formula is C20H21NO6. The number of nitrogens with one attached hydrogen (secondary N) is 1. The number of rotatable bonds is 6. The average molecular weight is 371 g/mol. The molecule has 142 valence electrons. The van der Waals surface area contributed by atoms with Crippen LogP contribution in [0.2, 0.25) is 0 Å². The summed E-state index contributed by atoms with van der Waals surface area (Å²) in [5, 5.41) is 22.5. The number of ether oxygens (including phenoxy) is 2. The molecule has 1 aliphatic heterocycles. The Labute approximate surface area is 156 Å². The fourth-order valence-electron chi connectivity index (χ4n) is 3.17. The van der Waals surface area contributed by atoms with Gasteiger partial charge in [-0.1, -0.05) is 60.7 Å². The van der Waals surface area contributed by atoms with E-state index in [9.17, 15) is 19.8 Å². The van der Waals surface area contributed by atoms with Gasteiger partial charge in [0.1, 0.15) is 18.8 Å². The van der Waals surface area contributed by atoms with Crippen molar-refractivity contribution in [3.8, 4) is 0 Å². The number of hydrogen-bond acceptors (Lipinski definition) is 5. The van der Waals surface area contributed by atoms with Crippen LogP contribution < -0.4 is 5.32 Å². The summed E-state index contributed by atoms with van der Waals surface area (Å²) < 4.78 is 10.6. The second kappa shape index (κ2) is 8.20. The summed E-state index contributed by atoms with van der Waals surface area (Å²) in [5.41, 5.74) is -0.255. The first-order valence-corrected chi connectivity index (χ1v) is 8.58. The van der Waals surface area contributed by atoms with Crippen LogP contribution >= 0.6 is 0 Å². The first-order valence-electron chi connectivity index (χ1n) is 8.58. The molecule has 7 nitrogen and oxygen atoms in total. The molecule has 2 aromatic carbocycles. The lowest BCUT2D eigenvalue weighted by Crippen LogP contribution is -2.59. The van der Waals surface area contributed by atoms with Crippen LogP contribution in [0.5, 0.6) is 0 Å². The van der Waals surface area contributed by atoms with Crippen LogP contribution in [0.3, 0.4) is 0 Å². The molecule has 1 amide bonds. The summed E-state index contributed by atoms with van der Waals surface area (Å²) in [6.45, 7) is -0.155. The van der Waals surface area contributed by atoms with Gasteiger partial charge in [-0.2, -0.15) is 0 Å². The lowest BCUT2D eigenvalue weighted by molar-refractivity contribution is -0.161. The van der Waals surface area contributed by atoms with E-state index >= 15 is 0 Å². The third kappa shape index (κ3) is 4.27. The topological polar surface area (TPSA) is 105 Å². The van der Waals surface area contributed by atoms with Crippen molar-refractivity contribution < 1.29 is 29.3 Å². The van der Waals surface area contributed by atoms with Gasteiger partial charge in [-0.3, -0.25) is 0 Å². The van der Waals surface area contributed by atoms with E-state index in [0.717, 1.165) is 11.1 Å². The number of aliphatic hydroxyl groups excluding tert-OH is 1. The average Bonchev–Trinajstić information content (AvgIpc) is 2.99. The Hall–Kier alpha value is -2.90. The number of carboxylic acid groups (broad SMARTS) is 1. The number of carbonyl (C=O) groups excluding carboxylic acids is 1. The Bertz CT molecular complexity index is 782. The van der Waals surface area contributed by atoms with Crippen molar-refractivity contribution in [2.24, 2.45) is 0 Å². The molecule has 3 N–H and O–H groups in total. The summed E-state index contributed by atoms with van der Waals surface area (Å²) >= 11 is 0. The van der Waals surface area contributed by atoms with Crippen LogP contribution in [0.25, 0.3) is 0 Å². The van der Waals surface area contributed by atoms with E-state index in [1.165, 1.54) is 0 Å². The standard InChI is InChI=1S/C20H21NO6/c22-16-13-27-20(18(23)24,11-14-7-3-1-4-8-14)17(16)21-19(25)26-12-15-9-5-2-6-10-15/h1-10,16-17,22H,11-13H2,(H,21,25)(H,23,24)/t16-,17-,20+/m1/s1. The third-order valence-electron chi connectivity index (χ3n) is 4.56. The summed E-state index contributed by atoms with van der Waals surface area (Å²) in [6.07, 6.45) is -1.97. The maximum absolute atomic E-state index is 12.2. The zero-order valence-corrected chi connectivity index (χ0v) is 14.6. The molecule has 0 saturated carbocycles. The molecule has 0 aromatic heterocycles. The highest BCUT2D eigenvalue weighted by Crippen LogP contribution is 2.31. The zero-order chi connectivity index (χ0) is 19.3. The maximum atomic E-state index is 12.2. The molecule has 1 saturated heterocycles. The second-order valence-corrected chi connectivity index (χ2v) is 6.42. The molecule has 1 fully saturated rings. The van der Waals surface area contributed by atoms with Gasteiger partial charge in [0.25, 0.3) is 0 Å². The highest BCUT2D eigenvalue weighted by Gasteiger charge is 2.56. The molecule has 3 rings (SSSR count). The molecule has 7 heteroatoms. The minimum absolute atomic E-state index is 0.00383. The van der Waals surface area contributed by atoms with Gasteiger partial charge in [-0.05, 0) is 11.1 Å². The molecular weight excluding hydrogens is 350 g/mol. The summed E-state index contributed by atoms with van der Waals surface area (Å²) in [4.78, 5) is 24.2. The Morgan fingerprint density at radius 3 is 2.26 bits per heavy atom. The van der Waals surface area contributed by atoms with Crippen LogP contribution in [0.1, 0.15) is 11.1 Å². The number of hydrogen-bond donors (Lipinski definition) is 3. The van der Waals surface area contributed by atoms with Crippen molar-refractivity contribution in [1.82, 2.24) is 5.32 Å². The molecule has 3 atom stereocenters. The zero-order valence-electron chi connectivity index (χ0n) is 14.6. The van der Waals surface area contributed by atoms with Crippen LogP contribution in [0.4, 0.5) is 4.79 Å². The van der Waals surface area contributed by atoms with Gasteiger partial charge in [-0.15, -0.1) is 0 Å². The van der Waals surface area contributed by atoms with Crippen molar-refractivity contribution in [1.29, 1.82) is 0 Å². The molecule has 27 heavy (non-hydrogen) atoms. The SMILES string of the molecule is O=C(N[C@@H]1[C@H](O)CO[C@]1(Cc1ccccc1)C(=O)O)OCc1ccccc1. The van der Waals surface area contributed by atoms with Crippen LogP contribution in [-0.2, 0) is 27.3 Å². The Morgan fingerprint density at radius 2 is 1.67 bits per heavy atom. The Morgan fingerprint density at radius 1 is 1.07 bits per heavy atom. The number of alkyl carbamates (subject to hydrolysis) is 1. The van der Waals surface area contributed by atoms with E-state index in [-0.39, 0.29) is 19.6 Å². The number of aliphatic carboxylic acids is 1. The smallest absolute Gasteiger partial charge is 0.407 e. The first kappa shape index (κ1) is 18.9. The fraction of sp³-hybridized carbons (Fsp3) is 0.300. The van der Waals surface area contributed by atoms with Crippen molar-refractivity contribution in [2.75, 3.05) is 6.61 Å². The maximum Gasteiger partial charge on any atom is 0.407 e. The lowest BCUT2D eigenvalue weighted by atomic mass is 9.86. The minimum Gasteiger partial charge on any atom is -0.479 e. The molecule has 0 spiro atoms. The van der Waals surface area contributed by atoms with Gasteiger partial charge in [0, 0.05) is 6.42 Å². The monoisotopic (exact) mass is 371 g/mol. The van der Waals surface area contributed by atoms with Gasteiger partial charge in [0.05, 0.1) is 6.61 Å². The van der Waals surface area contributed by atoms with E-state index in [1.54, 1.807) is 36.4 Å². The van der Waals surface area contributed by atoms with Gasteiger partial charge in [0.15, 0.2) is 5.60 Å². The molecule has 0 radical (unpaired) electrons. The van der Waals surface area contributed by atoms with E-state index < -0.39 is 29.8 Å². The normalized spacial score (nSPS) is 24.3. The van der Waals surface area contributed by atoms with E-state index in [1.807, 2.05) is 24.3 Å². The second-order valence-electron chi connectivity index (χ2n) is 6.42. The highest BCUT2D eigenvalue weighted by molar-refractivity contribution is 5.81. The predicted molar refractivity (Wildman–Crippen MR) is 96.0 cm³/mol. The Kier molecular flexibility index (Phi) is 5.73. The van der Waals surface area contributed by atoms with Gasteiger partial charge < -0.3 is 25.0 Å². The first-order chi connectivity index (χ1) is 13.0. The highest BCUT2D eigenvalue weighted by atomic mass is 16.6. The van der Waals surface area contributed by atoms with Crippen LogP contribution in [0.15, 0.2) is 60.7 Å². The third-order valence-corrected chi connectivity index (χ3v) is 4.56. The molecule has 0 bridgehead atoms. The van der Waals surface area contributed by atoms with E-state index in [4.69, 9.17) is 9.47 Å². The molecule has 0 unspecified atom stereocenters. The van der Waals surface area contributed by atoms with Gasteiger partial charge in [-0.25, -0.2) is 9.59 Å². The van der Waals surface area contributed by atoms with Crippen molar-refractivity contribution in [2.45, 2.75) is 30.8 Å². The number of carbonyl (C=O) groups is 2. The molecule has 0 aliphatic carbocycles. The molecule has 2 aromatic rings. The van der Waals surface area contributed by atoms with Gasteiger partial charge >= 0.3 is 12.1 Å². The molecule has 1 aliphatic rings. The number of carboxylic acids is 1.